The van der Waals surface area contributed by atoms with E-state index >= 15 is 0 Å². The Kier molecular flexibility index (Phi) is 12.7. The SMILES string of the molecule is CSCCNC(=NCC(=O)N(C)C)NC1CCN(CC2CCOC2)CC1.I. The fourth-order valence-electron chi connectivity index (χ4n) is 3.26. The lowest BCUT2D eigenvalue weighted by molar-refractivity contribution is -0.127. The second kappa shape index (κ2) is 13.8. The first-order valence-electron chi connectivity index (χ1n) is 9.62. The Labute approximate surface area is 185 Å². The van der Waals surface area contributed by atoms with Crippen LogP contribution in [0.1, 0.15) is 19.3 Å². The third kappa shape index (κ3) is 9.67. The molecule has 1 unspecified atom stereocenters. The van der Waals surface area contributed by atoms with Gasteiger partial charge in [0.2, 0.25) is 5.91 Å². The molecule has 7 nitrogen and oxygen atoms in total. The number of ether oxygens (including phenoxy) is 1. The summed E-state index contributed by atoms with van der Waals surface area (Å²) < 4.78 is 5.49. The van der Waals surface area contributed by atoms with Crippen LogP contribution in [0.3, 0.4) is 0 Å². The van der Waals surface area contributed by atoms with Gasteiger partial charge < -0.3 is 25.2 Å². The van der Waals surface area contributed by atoms with Crippen molar-refractivity contribution in [1.82, 2.24) is 20.4 Å². The quantitative estimate of drug-likeness (QED) is 0.219. The van der Waals surface area contributed by atoms with Crippen LogP contribution in [0.2, 0.25) is 0 Å². The largest absolute Gasteiger partial charge is 0.381 e. The number of guanidine groups is 1. The van der Waals surface area contributed by atoms with Crippen molar-refractivity contribution in [2.45, 2.75) is 25.3 Å². The minimum atomic E-state index is 0. The molecule has 0 saturated carbocycles. The third-order valence-corrected chi connectivity index (χ3v) is 5.55. The molecule has 2 N–H and O–H groups in total. The Morgan fingerprint density at radius 1 is 1.30 bits per heavy atom. The third-order valence-electron chi connectivity index (χ3n) is 4.94. The maximum atomic E-state index is 11.8. The first kappa shape index (κ1) is 24.8. The zero-order valence-corrected chi connectivity index (χ0v) is 20.1. The molecule has 0 radical (unpaired) electrons. The molecule has 9 heteroatoms. The first-order chi connectivity index (χ1) is 12.6. The van der Waals surface area contributed by atoms with Crippen molar-refractivity contribution in [1.29, 1.82) is 0 Å². The van der Waals surface area contributed by atoms with Gasteiger partial charge in [-0.15, -0.1) is 24.0 Å². The molecule has 27 heavy (non-hydrogen) atoms. The molecule has 2 saturated heterocycles. The van der Waals surface area contributed by atoms with Gasteiger partial charge in [0.1, 0.15) is 6.54 Å². The molecule has 0 aromatic carbocycles. The Morgan fingerprint density at radius 3 is 2.63 bits per heavy atom. The van der Waals surface area contributed by atoms with E-state index in [0.29, 0.717) is 12.0 Å². The summed E-state index contributed by atoms with van der Waals surface area (Å²) >= 11 is 1.80. The molecule has 0 aromatic rings. The Balaban J connectivity index is 0.00000364. The van der Waals surface area contributed by atoms with Crippen LogP contribution in [0, 0.1) is 5.92 Å². The molecule has 0 aromatic heterocycles. The summed E-state index contributed by atoms with van der Waals surface area (Å²) in [5.41, 5.74) is 0. The average Bonchev–Trinajstić information content (AvgIpc) is 3.14. The molecule has 1 atom stereocenters. The van der Waals surface area contributed by atoms with Crippen molar-refractivity contribution < 1.29 is 9.53 Å². The molecule has 2 fully saturated rings. The lowest BCUT2D eigenvalue weighted by Gasteiger charge is -2.34. The topological polar surface area (TPSA) is 69.2 Å². The second-order valence-electron chi connectivity index (χ2n) is 7.32. The summed E-state index contributed by atoms with van der Waals surface area (Å²) in [6.07, 6.45) is 5.51. The highest BCUT2D eigenvalue weighted by Crippen LogP contribution is 2.17. The number of likely N-dealkylation sites (N-methyl/N-ethyl adjacent to an activating group) is 1. The highest BCUT2D eigenvalue weighted by atomic mass is 127. The van der Waals surface area contributed by atoms with Crippen LogP contribution in [-0.4, -0.2) is 99.7 Å². The number of hydrogen-bond acceptors (Lipinski definition) is 5. The van der Waals surface area contributed by atoms with Gasteiger partial charge in [-0.05, 0) is 31.4 Å². The summed E-state index contributed by atoms with van der Waals surface area (Å²) in [5, 5.41) is 6.88. The fourth-order valence-corrected chi connectivity index (χ4v) is 3.56. The Bertz CT molecular complexity index is 453. The zero-order valence-electron chi connectivity index (χ0n) is 16.9. The van der Waals surface area contributed by atoms with E-state index in [1.54, 1.807) is 30.8 Å². The lowest BCUT2D eigenvalue weighted by atomic mass is 10.0. The minimum absolute atomic E-state index is 0. The summed E-state index contributed by atoms with van der Waals surface area (Å²) in [6, 6.07) is 0.418. The van der Waals surface area contributed by atoms with Crippen molar-refractivity contribution in [3.8, 4) is 0 Å². The van der Waals surface area contributed by atoms with Crippen molar-refractivity contribution in [3.63, 3.8) is 0 Å². The van der Waals surface area contributed by atoms with Crippen molar-refractivity contribution in [3.05, 3.63) is 0 Å². The second-order valence-corrected chi connectivity index (χ2v) is 8.31. The van der Waals surface area contributed by atoms with E-state index in [1.165, 1.54) is 6.42 Å². The van der Waals surface area contributed by atoms with Crippen molar-refractivity contribution >= 4 is 47.6 Å². The molecule has 0 spiro atoms. The smallest absolute Gasteiger partial charge is 0.243 e. The van der Waals surface area contributed by atoms with Crippen molar-refractivity contribution in [2.75, 3.05) is 72.0 Å². The van der Waals surface area contributed by atoms with E-state index in [2.05, 4.69) is 26.8 Å². The molecule has 2 heterocycles. The number of halogens is 1. The minimum Gasteiger partial charge on any atom is -0.381 e. The zero-order chi connectivity index (χ0) is 18.8. The summed E-state index contributed by atoms with van der Waals surface area (Å²) in [4.78, 5) is 20.4. The van der Waals surface area contributed by atoms with Gasteiger partial charge >= 0.3 is 0 Å². The van der Waals surface area contributed by atoms with Crippen LogP contribution in [-0.2, 0) is 9.53 Å². The summed E-state index contributed by atoms with van der Waals surface area (Å²) in [6.45, 7) is 6.28. The molecule has 2 aliphatic rings. The highest BCUT2D eigenvalue weighted by molar-refractivity contribution is 14.0. The predicted molar refractivity (Wildman–Crippen MR) is 124 cm³/mol. The fraction of sp³-hybridized carbons (Fsp3) is 0.889. The highest BCUT2D eigenvalue weighted by Gasteiger charge is 2.24. The standard InChI is InChI=1S/C18H35N5O2S.HI/c1-22(2)17(24)12-20-18(19-7-11-26-3)21-16-4-8-23(9-5-16)13-15-6-10-25-14-15;/h15-16H,4-14H2,1-3H3,(H2,19,20,21);1H. The number of carbonyl (C=O) groups excluding carboxylic acids is 1. The van der Waals surface area contributed by atoms with Gasteiger partial charge in [-0.1, -0.05) is 0 Å². The van der Waals surface area contributed by atoms with E-state index in [4.69, 9.17) is 4.74 Å². The number of likely N-dealkylation sites (tertiary alicyclic amines) is 1. The molecule has 2 rings (SSSR count). The molecule has 158 valence electrons. The number of piperidine rings is 1. The van der Waals surface area contributed by atoms with Crippen LogP contribution >= 0.6 is 35.7 Å². The molecular formula is C18H36IN5O2S. The predicted octanol–water partition coefficient (Wildman–Crippen LogP) is 1.09. The maximum absolute atomic E-state index is 11.8. The number of rotatable bonds is 8. The first-order valence-corrected chi connectivity index (χ1v) is 11.0. The molecule has 0 bridgehead atoms. The molecule has 1 amide bonds. The molecular weight excluding hydrogens is 477 g/mol. The van der Waals surface area contributed by atoms with Crippen LogP contribution < -0.4 is 10.6 Å². The van der Waals surface area contributed by atoms with Gasteiger partial charge in [-0.25, -0.2) is 4.99 Å². The Morgan fingerprint density at radius 2 is 2.04 bits per heavy atom. The summed E-state index contributed by atoms with van der Waals surface area (Å²) in [7, 11) is 3.52. The number of nitrogens with one attached hydrogen (secondary N) is 2. The van der Waals surface area contributed by atoms with Crippen LogP contribution in [0.25, 0.3) is 0 Å². The molecule has 2 aliphatic heterocycles. The normalized spacial score (nSPS) is 21.6. The van der Waals surface area contributed by atoms with Crippen LogP contribution in [0.4, 0.5) is 0 Å². The number of carbonyl (C=O) groups is 1. The van der Waals surface area contributed by atoms with E-state index in [9.17, 15) is 4.79 Å². The van der Waals surface area contributed by atoms with E-state index in [1.807, 2.05) is 0 Å². The molecule has 0 aliphatic carbocycles. The van der Waals surface area contributed by atoms with E-state index in [0.717, 1.165) is 63.9 Å². The van der Waals surface area contributed by atoms with Gasteiger partial charge in [0.15, 0.2) is 5.96 Å². The van der Waals surface area contributed by atoms with Gasteiger partial charge in [-0.2, -0.15) is 11.8 Å². The van der Waals surface area contributed by atoms with E-state index in [-0.39, 0.29) is 36.4 Å². The van der Waals surface area contributed by atoms with Gasteiger partial charge in [-0.3, -0.25) is 4.79 Å². The maximum Gasteiger partial charge on any atom is 0.243 e. The Hall–Kier alpha value is -0.260. The van der Waals surface area contributed by atoms with Crippen LogP contribution in [0.15, 0.2) is 4.99 Å². The van der Waals surface area contributed by atoms with E-state index < -0.39 is 0 Å². The average molecular weight is 513 g/mol. The lowest BCUT2D eigenvalue weighted by Crippen LogP contribution is -2.50. The van der Waals surface area contributed by atoms with Gasteiger partial charge in [0, 0.05) is 58.7 Å². The number of aliphatic imine (C=N–C) groups is 1. The van der Waals surface area contributed by atoms with Crippen molar-refractivity contribution in [2.24, 2.45) is 10.9 Å². The number of nitrogens with zero attached hydrogens (tertiary/aromatic N) is 3. The van der Waals surface area contributed by atoms with Gasteiger partial charge in [0.25, 0.3) is 0 Å². The number of amides is 1. The number of hydrogen-bond donors (Lipinski definition) is 2. The monoisotopic (exact) mass is 513 g/mol. The number of thioether (sulfide) groups is 1. The van der Waals surface area contributed by atoms with Crippen LogP contribution in [0.5, 0.6) is 0 Å². The summed E-state index contributed by atoms with van der Waals surface area (Å²) in [5.74, 6) is 2.51. The van der Waals surface area contributed by atoms with Gasteiger partial charge in [0.05, 0.1) is 6.61 Å².